The molecule has 1 N–H and O–H groups in total. The normalized spacial score (nSPS) is 21.7. The second kappa shape index (κ2) is 6.59. The van der Waals surface area contributed by atoms with E-state index in [-0.39, 0.29) is 0 Å². The van der Waals surface area contributed by atoms with E-state index < -0.39 is 11.7 Å². The molecule has 1 aliphatic rings. The summed E-state index contributed by atoms with van der Waals surface area (Å²) >= 11 is 0. The Kier molecular flexibility index (Phi) is 5.05. The molecular weight excluding hydrogens is 265 g/mol. The van der Waals surface area contributed by atoms with Crippen LogP contribution in [0, 0.1) is 0 Å². The molecule has 1 saturated heterocycles. The maximum atomic E-state index is 13.0. The molecule has 1 atom stereocenters. The fraction of sp³-hybridized carbons (Fsp3) is 0.600. The maximum Gasteiger partial charge on any atom is 0.416 e. The molecule has 0 radical (unpaired) electrons. The average molecular weight is 286 g/mol. The van der Waals surface area contributed by atoms with Crippen molar-refractivity contribution >= 4 is 0 Å². The Morgan fingerprint density at radius 3 is 2.70 bits per heavy atom. The highest BCUT2D eigenvalue weighted by molar-refractivity contribution is 5.29. The van der Waals surface area contributed by atoms with Gasteiger partial charge in [-0.25, -0.2) is 0 Å². The van der Waals surface area contributed by atoms with E-state index in [1.54, 1.807) is 12.1 Å². The molecule has 1 aromatic rings. The van der Waals surface area contributed by atoms with E-state index >= 15 is 0 Å². The number of nitrogens with zero attached hydrogens (tertiary/aromatic N) is 1. The SMILES string of the molecule is CCC1CCN(Cc2ccccc2C(F)(F)F)CCN1. The molecule has 0 amide bonds. The van der Waals surface area contributed by atoms with Gasteiger partial charge in [-0.1, -0.05) is 25.1 Å². The Labute approximate surface area is 118 Å². The molecule has 1 aromatic carbocycles. The lowest BCUT2D eigenvalue weighted by Gasteiger charge is -2.22. The number of hydrogen-bond donors (Lipinski definition) is 1. The number of nitrogens with one attached hydrogen (secondary N) is 1. The van der Waals surface area contributed by atoms with Gasteiger partial charge in [0, 0.05) is 32.2 Å². The molecule has 1 unspecified atom stereocenters. The number of rotatable bonds is 3. The van der Waals surface area contributed by atoms with Gasteiger partial charge in [0.15, 0.2) is 0 Å². The van der Waals surface area contributed by atoms with E-state index in [0.717, 1.165) is 32.5 Å². The van der Waals surface area contributed by atoms with Crippen molar-refractivity contribution in [1.29, 1.82) is 0 Å². The molecule has 5 heteroatoms. The monoisotopic (exact) mass is 286 g/mol. The van der Waals surface area contributed by atoms with Crippen molar-refractivity contribution in [3.63, 3.8) is 0 Å². The van der Waals surface area contributed by atoms with Crippen molar-refractivity contribution in [1.82, 2.24) is 10.2 Å². The van der Waals surface area contributed by atoms with Crippen molar-refractivity contribution in [2.45, 2.75) is 38.5 Å². The first-order valence-electron chi connectivity index (χ1n) is 7.11. The smallest absolute Gasteiger partial charge is 0.313 e. The molecule has 20 heavy (non-hydrogen) atoms. The summed E-state index contributed by atoms with van der Waals surface area (Å²) in [5, 5.41) is 3.43. The third-order valence-electron chi connectivity index (χ3n) is 3.86. The highest BCUT2D eigenvalue weighted by Gasteiger charge is 2.33. The zero-order valence-corrected chi connectivity index (χ0v) is 11.7. The van der Waals surface area contributed by atoms with Crippen LogP contribution in [0.1, 0.15) is 30.9 Å². The van der Waals surface area contributed by atoms with Crippen molar-refractivity contribution in [3.05, 3.63) is 35.4 Å². The molecule has 1 heterocycles. The van der Waals surface area contributed by atoms with Gasteiger partial charge in [0.05, 0.1) is 5.56 Å². The first kappa shape index (κ1) is 15.3. The van der Waals surface area contributed by atoms with Gasteiger partial charge in [0.1, 0.15) is 0 Å². The summed E-state index contributed by atoms with van der Waals surface area (Å²) in [6.45, 7) is 4.98. The fourth-order valence-electron chi connectivity index (χ4n) is 2.66. The first-order valence-corrected chi connectivity index (χ1v) is 7.11. The minimum atomic E-state index is -4.27. The first-order chi connectivity index (χ1) is 9.50. The Bertz CT molecular complexity index is 431. The second-order valence-electron chi connectivity index (χ2n) is 5.28. The van der Waals surface area contributed by atoms with Crippen LogP contribution < -0.4 is 5.32 Å². The molecule has 0 saturated carbocycles. The van der Waals surface area contributed by atoms with Gasteiger partial charge < -0.3 is 5.32 Å². The summed E-state index contributed by atoms with van der Waals surface area (Å²) < 4.78 is 38.9. The third-order valence-corrected chi connectivity index (χ3v) is 3.86. The van der Waals surface area contributed by atoms with Crippen molar-refractivity contribution < 1.29 is 13.2 Å². The van der Waals surface area contributed by atoms with Gasteiger partial charge in [0.25, 0.3) is 0 Å². The molecule has 0 aliphatic carbocycles. The van der Waals surface area contributed by atoms with Crippen LogP contribution in [0.2, 0.25) is 0 Å². The summed E-state index contributed by atoms with van der Waals surface area (Å²) in [6.07, 6.45) is -2.22. The third kappa shape index (κ3) is 3.96. The van der Waals surface area contributed by atoms with Crippen LogP contribution in [-0.4, -0.2) is 30.6 Å². The number of benzene rings is 1. The Morgan fingerprint density at radius 1 is 1.25 bits per heavy atom. The lowest BCUT2D eigenvalue weighted by atomic mass is 10.1. The van der Waals surface area contributed by atoms with E-state index in [1.165, 1.54) is 12.1 Å². The van der Waals surface area contributed by atoms with Gasteiger partial charge >= 0.3 is 6.18 Å². The topological polar surface area (TPSA) is 15.3 Å². The molecule has 0 spiro atoms. The number of alkyl halides is 3. The van der Waals surface area contributed by atoms with E-state index in [1.807, 2.05) is 0 Å². The Morgan fingerprint density at radius 2 is 2.00 bits per heavy atom. The predicted molar refractivity (Wildman–Crippen MR) is 73.4 cm³/mol. The van der Waals surface area contributed by atoms with Crippen LogP contribution in [-0.2, 0) is 12.7 Å². The second-order valence-corrected chi connectivity index (χ2v) is 5.28. The van der Waals surface area contributed by atoms with E-state index in [4.69, 9.17) is 0 Å². The molecule has 0 aromatic heterocycles. The Balaban J connectivity index is 2.07. The summed E-state index contributed by atoms with van der Waals surface area (Å²) in [6, 6.07) is 6.36. The van der Waals surface area contributed by atoms with Crippen molar-refractivity contribution in [2.24, 2.45) is 0 Å². The van der Waals surface area contributed by atoms with Crippen LogP contribution in [0.4, 0.5) is 13.2 Å². The largest absolute Gasteiger partial charge is 0.416 e. The molecular formula is C15H21F3N2. The minimum absolute atomic E-state index is 0.369. The molecule has 1 aliphatic heterocycles. The van der Waals surface area contributed by atoms with Crippen LogP contribution in [0.5, 0.6) is 0 Å². The van der Waals surface area contributed by atoms with Gasteiger partial charge in [-0.2, -0.15) is 13.2 Å². The van der Waals surface area contributed by atoms with Crippen LogP contribution in [0.3, 0.4) is 0 Å². The van der Waals surface area contributed by atoms with E-state index in [2.05, 4.69) is 17.1 Å². The summed E-state index contributed by atoms with van der Waals surface area (Å²) in [7, 11) is 0. The predicted octanol–water partition coefficient (Wildman–Crippen LogP) is 3.28. The van der Waals surface area contributed by atoms with Crippen molar-refractivity contribution in [3.8, 4) is 0 Å². The summed E-state index contributed by atoms with van der Waals surface area (Å²) in [4.78, 5) is 2.10. The molecule has 1 fully saturated rings. The molecule has 2 nitrogen and oxygen atoms in total. The standard InChI is InChI=1S/C15H21F3N2/c1-2-13-7-9-20(10-8-19-13)11-12-5-3-4-6-14(12)15(16,17)18/h3-6,13,19H,2,7-11H2,1H3. The number of halogens is 3. The maximum absolute atomic E-state index is 13.0. The quantitative estimate of drug-likeness (QED) is 0.917. The van der Waals surface area contributed by atoms with Gasteiger partial charge in [-0.15, -0.1) is 0 Å². The summed E-state index contributed by atoms with van der Waals surface area (Å²) in [5.41, 5.74) is -0.140. The lowest BCUT2D eigenvalue weighted by molar-refractivity contribution is -0.138. The van der Waals surface area contributed by atoms with E-state index in [9.17, 15) is 13.2 Å². The molecule has 112 valence electrons. The van der Waals surface area contributed by atoms with Crippen LogP contribution in [0.25, 0.3) is 0 Å². The zero-order chi connectivity index (χ0) is 14.6. The Hall–Kier alpha value is -1.07. The summed E-state index contributed by atoms with van der Waals surface area (Å²) in [5.74, 6) is 0. The van der Waals surface area contributed by atoms with Gasteiger partial charge in [-0.3, -0.25) is 4.90 Å². The number of hydrogen-bond acceptors (Lipinski definition) is 2. The zero-order valence-electron chi connectivity index (χ0n) is 11.7. The lowest BCUT2D eigenvalue weighted by Crippen LogP contribution is -2.30. The van der Waals surface area contributed by atoms with Crippen molar-refractivity contribution in [2.75, 3.05) is 19.6 Å². The highest BCUT2D eigenvalue weighted by Crippen LogP contribution is 2.32. The van der Waals surface area contributed by atoms with E-state index in [0.29, 0.717) is 18.2 Å². The minimum Gasteiger partial charge on any atom is -0.313 e. The van der Waals surface area contributed by atoms with Gasteiger partial charge in [-0.05, 0) is 24.5 Å². The van der Waals surface area contributed by atoms with Crippen LogP contribution in [0.15, 0.2) is 24.3 Å². The molecule has 0 bridgehead atoms. The van der Waals surface area contributed by atoms with Gasteiger partial charge in [0.2, 0.25) is 0 Å². The average Bonchev–Trinajstić information content (AvgIpc) is 2.63. The fourth-order valence-corrected chi connectivity index (χ4v) is 2.66. The highest BCUT2D eigenvalue weighted by atomic mass is 19.4. The van der Waals surface area contributed by atoms with Crippen LogP contribution >= 0.6 is 0 Å². The molecule has 2 rings (SSSR count).